The number of para-hydroxylation sites is 2. The molecule has 0 fully saturated rings. The van der Waals surface area contributed by atoms with Gasteiger partial charge in [-0.15, -0.1) is 0 Å². The van der Waals surface area contributed by atoms with Crippen LogP contribution in [0.3, 0.4) is 0 Å². The Morgan fingerprint density at radius 1 is 0.806 bits per heavy atom. The third-order valence-electron chi connectivity index (χ3n) is 4.52. The number of carbonyl (C=O) groups excluding carboxylic acids is 2. The van der Waals surface area contributed by atoms with Crippen molar-refractivity contribution in [3.05, 3.63) is 84.4 Å². The van der Waals surface area contributed by atoms with Gasteiger partial charge in [0, 0.05) is 0 Å². The van der Waals surface area contributed by atoms with Crippen LogP contribution in [0.25, 0.3) is 11.1 Å². The molecule has 0 bridgehead atoms. The first-order valence-electron chi connectivity index (χ1n) is 9.98. The van der Waals surface area contributed by atoms with E-state index in [9.17, 15) is 9.59 Å². The van der Waals surface area contributed by atoms with Crippen molar-refractivity contribution in [1.82, 2.24) is 5.32 Å². The quantitative estimate of drug-likeness (QED) is 0.401. The number of rotatable bonds is 10. The molecule has 3 rings (SSSR count). The lowest BCUT2D eigenvalue weighted by molar-refractivity contribution is -0.147. The van der Waals surface area contributed by atoms with Gasteiger partial charge in [-0.2, -0.15) is 0 Å². The number of hydrogen-bond donors (Lipinski definition) is 1. The SMILES string of the molecule is COc1ccccc1OCCNC(=O)COC(=O)Cc1ccc(-c2ccccc2)cc1. The molecule has 0 spiro atoms. The number of ether oxygens (including phenoxy) is 3. The number of carbonyl (C=O) groups is 2. The molecule has 0 aliphatic rings. The van der Waals surface area contributed by atoms with Crippen LogP contribution in [0.15, 0.2) is 78.9 Å². The van der Waals surface area contributed by atoms with E-state index in [1.165, 1.54) is 0 Å². The maximum Gasteiger partial charge on any atom is 0.310 e. The molecule has 3 aromatic carbocycles. The van der Waals surface area contributed by atoms with Crippen molar-refractivity contribution in [3.63, 3.8) is 0 Å². The Morgan fingerprint density at radius 2 is 1.45 bits per heavy atom. The summed E-state index contributed by atoms with van der Waals surface area (Å²) >= 11 is 0. The van der Waals surface area contributed by atoms with Crippen molar-refractivity contribution < 1.29 is 23.8 Å². The molecule has 0 aliphatic carbocycles. The maximum atomic E-state index is 12.0. The van der Waals surface area contributed by atoms with Crippen LogP contribution >= 0.6 is 0 Å². The molecule has 0 unspecified atom stereocenters. The summed E-state index contributed by atoms with van der Waals surface area (Å²) in [6.45, 7) is 0.235. The third kappa shape index (κ3) is 6.89. The van der Waals surface area contributed by atoms with Crippen LogP contribution in [0.5, 0.6) is 11.5 Å². The zero-order chi connectivity index (χ0) is 21.9. The molecule has 1 amide bonds. The van der Waals surface area contributed by atoms with E-state index in [1.54, 1.807) is 19.2 Å². The van der Waals surface area contributed by atoms with Crippen molar-refractivity contribution in [2.75, 3.05) is 26.9 Å². The molecule has 6 heteroatoms. The van der Waals surface area contributed by atoms with Crippen LogP contribution in [0.4, 0.5) is 0 Å². The zero-order valence-corrected chi connectivity index (χ0v) is 17.4. The van der Waals surface area contributed by atoms with Gasteiger partial charge < -0.3 is 19.5 Å². The Labute approximate surface area is 181 Å². The lowest BCUT2D eigenvalue weighted by Crippen LogP contribution is -2.32. The van der Waals surface area contributed by atoms with E-state index in [1.807, 2.05) is 66.7 Å². The van der Waals surface area contributed by atoms with Gasteiger partial charge in [0.05, 0.1) is 20.1 Å². The second-order valence-corrected chi connectivity index (χ2v) is 6.75. The number of nitrogens with one attached hydrogen (secondary N) is 1. The molecule has 0 aliphatic heterocycles. The van der Waals surface area contributed by atoms with Crippen LogP contribution in [-0.2, 0) is 20.7 Å². The summed E-state index contributed by atoms with van der Waals surface area (Å²) in [6.07, 6.45) is 0.110. The van der Waals surface area contributed by atoms with Crippen LogP contribution in [0, 0.1) is 0 Å². The van der Waals surface area contributed by atoms with Crippen LogP contribution in [0.2, 0.25) is 0 Å². The molecule has 0 radical (unpaired) electrons. The van der Waals surface area contributed by atoms with E-state index < -0.39 is 5.97 Å². The van der Waals surface area contributed by atoms with Crippen molar-refractivity contribution >= 4 is 11.9 Å². The Kier molecular flexibility index (Phi) is 8.05. The Morgan fingerprint density at radius 3 is 2.16 bits per heavy atom. The monoisotopic (exact) mass is 419 g/mol. The van der Waals surface area contributed by atoms with E-state index in [4.69, 9.17) is 14.2 Å². The number of esters is 1. The summed E-state index contributed by atoms with van der Waals surface area (Å²) in [5.74, 6) is 0.396. The minimum Gasteiger partial charge on any atom is -0.493 e. The predicted molar refractivity (Wildman–Crippen MR) is 118 cm³/mol. The highest BCUT2D eigenvalue weighted by atomic mass is 16.5. The normalized spacial score (nSPS) is 10.2. The third-order valence-corrected chi connectivity index (χ3v) is 4.52. The molecule has 160 valence electrons. The number of amides is 1. The van der Waals surface area contributed by atoms with Gasteiger partial charge in [0.25, 0.3) is 5.91 Å². The van der Waals surface area contributed by atoms with E-state index in [0.717, 1.165) is 16.7 Å². The number of methoxy groups -OCH3 is 1. The van der Waals surface area contributed by atoms with Crippen molar-refractivity contribution in [2.45, 2.75) is 6.42 Å². The molecule has 3 aromatic rings. The Hall–Kier alpha value is -3.80. The second-order valence-electron chi connectivity index (χ2n) is 6.75. The van der Waals surface area contributed by atoms with Gasteiger partial charge in [0.15, 0.2) is 18.1 Å². The summed E-state index contributed by atoms with van der Waals surface area (Å²) in [5, 5.41) is 2.65. The van der Waals surface area contributed by atoms with E-state index in [2.05, 4.69) is 5.32 Å². The number of hydrogen-bond acceptors (Lipinski definition) is 5. The lowest BCUT2D eigenvalue weighted by atomic mass is 10.0. The Bertz CT molecular complexity index is 986. The first-order chi connectivity index (χ1) is 15.2. The van der Waals surface area contributed by atoms with Gasteiger partial charge in [-0.25, -0.2) is 0 Å². The van der Waals surface area contributed by atoms with E-state index in [0.29, 0.717) is 11.5 Å². The summed E-state index contributed by atoms with van der Waals surface area (Å²) in [4.78, 5) is 23.9. The van der Waals surface area contributed by atoms with Gasteiger partial charge in [0.2, 0.25) is 0 Å². The van der Waals surface area contributed by atoms with Gasteiger partial charge >= 0.3 is 5.97 Å². The average Bonchev–Trinajstić information content (AvgIpc) is 2.82. The predicted octanol–water partition coefficient (Wildman–Crippen LogP) is 3.64. The first-order valence-corrected chi connectivity index (χ1v) is 9.98. The fourth-order valence-corrected chi connectivity index (χ4v) is 2.95. The van der Waals surface area contributed by atoms with Crippen LogP contribution < -0.4 is 14.8 Å². The van der Waals surface area contributed by atoms with Gasteiger partial charge in [0.1, 0.15) is 6.61 Å². The van der Waals surface area contributed by atoms with E-state index >= 15 is 0 Å². The van der Waals surface area contributed by atoms with Crippen LogP contribution in [0.1, 0.15) is 5.56 Å². The summed E-state index contributed by atoms with van der Waals surface area (Å²) in [5.41, 5.74) is 3.02. The highest BCUT2D eigenvalue weighted by molar-refractivity contribution is 5.81. The lowest BCUT2D eigenvalue weighted by Gasteiger charge is -2.11. The molecule has 0 saturated carbocycles. The maximum absolute atomic E-state index is 12.0. The highest BCUT2D eigenvalue weighted by Gasteiger charge is 2.09. The molecule has 1 N–H and O–H groups in total. The molecule has 31 heavy (non-hydrogen) atoms. The van der Waals surface area contributed by atoms with Crippen LogP contribution in [-0.4, -0.2) is 38.7 Å². The Balaban J connectivity index is 1.35. The minimum absolute atomic E-state index is 0.110. The fourth-order valence-electron chi connectivity index (χ4n) is 2.95. The van der Waals surface area contributed by atoms with Crippen molar-refractivity contribution in [2.24, 2.45) is 0 Å². The highest BCUT2D eigenvalue weighted by Crippen LogP contribution is 2.25. The van der Waals surface area contributed by atoms with Crippen molar-refractivity contribution in [3.8, 4) is 22.6 Å². The number of benzene rings is 3. The van der Waals surface area contributed by atoms with Gasteiger partial charge in [-0.05, 0) is 28.8 Å². The van der Waals surface area contributed by atoms with Gasteiger partial charge in [-0.3, -0.25) is 9.59 Å². The molecule has 6 nitrogen and oxygen atoms in total. The molecule has 0 atom stereocenters. The first kappa shape index (κ1) is 21.9. The molecule has 0 aromatic heterocycles. The average molecular weight is 419 g/mol. The zero-order valence-electron chi connectivity index (χ0n) is 17.4. The second kappa shape index (κ2) is 11.4. The minimum atomic E-state index is -0.451. The van der Waals surface area contributed by atoms with Crippen molar-refractivity contribution in [1.29, 1.82) is 0 Å². The fraction of sp³-hybridized carbons (Fsp3) is 0.200. The molecular formula is C25H25NO5. The summed E-state index contributed by atoms with van der Waals surface area (Å²) in [6, 6.07) is 25.0. The largest absolute Gasteiger partial charge is 0.493 e. The topological polar surface area (TPSA) is 73.9 Å². The molecule has 0 saturated heterocycles. The van der Waals surface area contributed by atoms with Gasteiger partial charge in [-0.1, -0.05) is 66.7 Å². The summed E-state index contributed by atoms with van der Waals surface area (Å²) in [7, 11) is 1.57. The molecule has 0 heterocycles. The van der Waals surface area contributed by atoms with E-state index in [-0.39, 0.29) is 32.1 Å². The molecular weight excluding hydrogens is 394 g/mol. The summed E-state index contributed by atoms with van der Waals surface area (Å²) < 4.78 is 15.8. The standard InChI is InChI=1S/C25H25NO5/c1-29-22-9-5-6-10-23(22)30-16-15-26-24(27)18-31-25(28)17-19-11-13-21(14-12-19)20-7-3-2-4-8-20/h2-14H,15-18H2,1H3,(H,26,27). The smallest absolute Gasteiger partial charge is 0.310 e.